The molecule has 0 unspecified atom stereocenters. The average Bonchev–Trinajstić information content (AvgIpc) is 2.91. The van der Waals surface area contributed by atoms with Gasteiger partial charge in [0.25, 0.3) is 12.3 Å². The maximum atomic E-state index is 12.8. The molecule has 0 bridgehead atoms. The largest absolute Gasteiger partial charge is 0.416 e. The first-order valence-corrected chi connectivity index (χ1v) is 6.52. The van der Waals surface area contributed by atoms with Crippen LogP contribution in [0.5, 0.6) is 0 Å². The maximum absolute atomic E-state index is 12.8. The Labute approximate surface area is 127 Å². The van der Waals surface area contributed by atoms with Crippen molar-refractivity contribution in [3.63, 3.8) is 0 Å². The number of nitrogens with zero attached hydrogens (tertiary/aromatic N) is 2. The molecule has 0 radical (unpaired) electrons. The minimum atomic E-state index is -4.54. The van der Waals surface area contributed by atoms with Crippen molar-refractivity contribution in [3.8, 4) is 0 Å². The molecule has 1 heterocycles. The van der Waals surface area contributed by atoms with Crippen molar-refractivity contribution < 1.29 is 26.7 Å². The molecule has 0 saturated heterocycles. The molecule has 0 spiro atoms. The van der Waals surface area contributed by atoms with Crippen LogP contribution in [0, 0.1) is 0 Å². The lowest BCUT2D eigenvalue weighted by Gasteiger charge is -2.13. The van der Waals surface area contributed by atoms with E-state index >= 15 is 0 Å². The summed E-state index contributed by atoms with van der Waals surface area (Å²) >= 11 is 0. The summed E-state index contributed by atoms with van der Waals surface area (Å²) in [5, 5.41) is 5.87. The third-order valence-corrected chi connectivity index (χ3v) is 3.02. The summed E-state index contributed by atoms with van der Waals surface area (Å²) in [6.07, 6.45) is -6.08. The van der Waals surface area contributed by atoms with Gasteiger partial charge in [0.1, 0.15) is 12.2 Å². The summed E-state index contributed by atoms with van der Waals surface area (Å²) in [7, 11) is 0. The van der Waals surface area contributed by atoms with E-state index in [1.807, 2.05) is 0 Å². The van der Waals surface area contributed by atoms with Crippen LogP contribution < -0.4 is 5.32 Å². The summed E-state index contributed by atoms with van der Waals surface area (Å²) in [5.74, 6) is -0.778. The normalized spacial score (nSPS) is 11.7. The van der Waals surface area contributed by atoms with Crippen LogP contribution in [-0.4, -0.2) is 22.1 Å². The second kappa shape index (κ2) is 6.76. The average molecular weight is 333 g/mol. The van der Waals surface area contributed by atoms with Gasteiger partial charge in [-0.1, -0.05) is 18.2 Å². The van der Waals surface area contributed by atoms with E-state index in [2.05, 4.69) is 10.4 Å². The van der Waals surface area contributed by atoms with Crippen LogP contribution in [-0.2, 0) is 19.3 Å². The lowest BCUT2D eigenvalue weighted by atomic mass is 10.1. The Kier molecular flexibility index (Phi) is 4.97. The van der Waals surface area contributed by atoms with Gasteiger partial charge in [0, 0.05) is 12.7 Å². The van der Waals surface area contributed by atoms with Gasteiger partial charge in [-0.25, -0.2) is 8.78 Å². The fourth-order valence-corrected chi connectivity index (χ4v) is 2.02. The third kappa shape index (κ3) is 4.27. The molecular weight excluding hydrogens is 321 g/mol. The number of carbonyl (C=O) groups is 1. The highest BCUT2D eigenvalue weighted by Gasteiger charge is 2.32. The van der Waals surface area contributed by atoms with Crippen LogP contribution in [0.15, 0.2) is 36.5 Å². The van der Waals surface area contributed by atoms with Crippen LogP contribution in [0.25, 0.3) is 0 Å². The van der Waals surface area contributed by atoms with Gasteiger partial charge >= 0.3 is 6.18 Å². The van der Waals surface area contributed by atoms with Gasteiger partial charge in [-0.2, -0.15) is 18.3 Å². The third-order valence-electron chi connectivity index (χ3n) is 3.02. The van der Waals surface area contributed by atoms with Gasteiger partial charge in [-0.05, 0) is 17.7 Å². The highest BCUT2D eigenvalue weighted by molar-refractivity contribution is 5.92. The number of amides is 1. The van der Waals surface area contributed by atoms with E-state index in [0.29, 0.717) is 0 Å². The summed E-state index contributed by atoms with van der Waals surface area (Å²) < 4.78 is 64.0. The molecular formula is C14H12F5N3O. The minimum absolute atomic E-state index is 0.117. The van der Waals surface area contributed by atoms with Gasteiger partial charge in [0.05, 0.1) is 5.56 Å². The number of hydrogen-bond donors (Lipinski definition) is 1. The van der Waals surface area contributed by atoms with Crippen LogP contribution in [0.4, 0.5) is 22.0 Å². The van der Waals surface area contributed by atoms with Crippen molar-refractivity contribution in [2.75, 3.05) is 0 Å². The molecule has 2 aromatic rings. The highest BCUT2D eigenvalue weighted by atomic mass is 19.4. The maximum Gasteiger partial charge on any atom is 0.416 e. The quantitative estimate of drug-likeness (QED) is 0.855. The molecule has 1 aromatic carbocycles. The number of benzene rings is 1. The number of rotatable bonds is 5. The van der Waals surface area contributed by atoms with Gasteiger partial charge in [-0.15, -0.1) is 0 Å². The summed E-state index contributed by atoms with van der Waals surface area (Å²) in [5.41, 5.74) is -1.12. The Morgan fingerprint density at radius 2 is 1.91 bits per heavy atom. The van der Waals surface area contributed by atoms with E-state index in [1.165, 1.54) is 30.5 Å². The second-order valence-corrected chi connectivity index (χ2v) is 4.63. The van der Waals surface area contributed by atoms with E-state index in [0.717, 1.165) is 10.7 Å². The molecule has 2 rings (SSSR count). The fraction of sp³-hybridized carbons (Fsp3) is 0.286. The zero-order chi connectivity index (χ0) is 17.0. The van der Waals surface area contributed by atoms with Crippen LogP contribution in [0.3, 0.4) is 0 Å². The molecule has 0 aliphatic rings. The standard InChI is InChI=1S/C14H12F5N3O/c15-12(16)8-22-11(5-6-21-22)13(23)20-7-9-3-1-2-4-10(9)14(17,18)19/h1-6,12H,7-8H2,(H,20,23). The van der Waals surface area contributed by atoms with Crippen molar-refractivity contribution in [3.05, 3.63) is 53.3 Å². The van der Waals surface area contributed by atoms with Gasteiger partial charge < -0.3 is 5.32 Å². The monoisotopic (exact) mass is 333 g/mol. The molecule has 9 heteroatoms. The van der Waals surface area contributed by atoms with E-state index < -0.39 is 30.6 Å². The molecule has 0 atom stereocenters. The molecule has 1 N–H and O–H groups in total. The van der Waals surface area contributed by atoms with E-state index in [4.69, 9.17) is 0 Å². The molecule has 4 nitrogen and oxygen atoms in total. The molecule has 1 amide bonds. The van der Waals surface area contributed by atoms with E-state index in [9.17, 15) is 26.7 Å². The molecule has 1 aromatic heterocycles. The van der Waals surface area contributed by atoms with Gasteiger partial charge in [-0.3, -0.25) is 9.48 Å². The molecule has 0 fully saturated rings. The topological polar surface area (TPSA) is 46.9 Å². The number of alkyl halides is 5. The zero-order valence-corrected chi connectivity index (χ0v) is 11.6. The number of halogens is 5. The number of hydrogen-bond acceptors (Lipinski definition) is 2. The Morgan fingerprint density at radius 1 is 1.22 bits per heavy atom. The first kappa shape index (κ1) is 16.9. The lowest BCUT2D eigenvalue weighted by Crippen LogP contribution is -2.27. The predicted molar refractivity (Wildman–Crippen MR) is 70.8 cm³/mol. The van der Waals surface area contributed by atoms with Crippen LogP contribution in [0.1, 0.15) is 21.6 Å². The lowest BCUT2D eigenvalue weighted by molar-refractivity contribution is -0.138. The Morgan fingerprint density at radius 3 is 2.57 bits per heavy atom. The SMILES string of the molecule is O=C(NCc1ccccc1C(F)(F)F)c1ccnn1CC(F)F. The fourth-order valence-electron chi connectivity index (χ4n) is 2.02. The van der Waals surface area contributed by atoms with Crippen molar-refractivity contribution in [2.45, 2.75) is 25.7 Å². The van der Waals surface area contributed by atoms with Gasteiger partial charge in [0.15, 0.2) is 0 Å². The highest BCUT2D eigenvalue weighted by Crippen LogP contribution is 2.31. The number of aromatic nitrogens is 2. The molecule has 23 heavy (non-hydrogen) atoms. The molecule has 0 saturated carbocycles. The van der Waals surface area contributed by atoms with Crippen molar-refractivity contribution in [1.29, 1.82) is 0 Å². The van der Waals surface area contributed by atoms with Gasteiger partial charge in [0.2, 0.25) is 0 Å². The summed E-state index contributed by atoms with van der Waals surface area (Å²) in [4.78, 5) is 11.9. The Balaban J connectivity index is 2.10. The Hall–Kier alpha value is -2.45. The zero-order valence-electron chi connectivity index (χ0n) is 11.6. The minimum Gasteiger partial charge on any atom is -0.347 e. The van der Waals surface area contributed by atoms with E-state index in [1.54, 1.807) is 0 Å². The molecule has 0 aliphatic carbocycles. The smallest absolute Gasteiger partial charge is 0.347 e. The molecule has 0 aliphatic heterocycles. The van der Waals surface area contributed by atoms with Crippen LogP contribution in [0.2, 0.25) is 0 Å². The van der Waals surface area contributed by atoms with Crippen LogP contribution >= 0.6 is 0 Å². The first-order chi connectivity index (χ1) is 10.8. The first-order valence-electron chi connectivity index (χ1n) is 6.52. The van der Waals surface area contributed by atoms with Crippen molar-refractivity contribution >= 4 is 5.91 Å². The van der Waals surface area contributed by atoms with Crippen molar-refractivity contribution in [2.24, 2.45) is 0 Å². The summed E-state index contributed by atoms with van der Waals surface area (Å²) in [6.45, 7) is -1.15. The summed E-state index contributed by atoms with van der Waals surface area (Å²) in [6, 6.07) is 6.01. The number of nitrogens with one attached hydrogen (secondary N) is 1. The molecule has 124 valence electrons. The van der Waals surface area contributed by atoms with Crippen molar-refractivity contribution in [1.82, 2.24) is 15.1 Å². The Bertz CT molecular complexity index is 681. The number of carbonyl (C=O) groups excluding carboxylic acids is 1. The van der Waals surface area contributed by atoms with E-state index in [-0.39, 0.29) is 17.8 Å². The predicted octanol–water partition coefficient (Wildman–Crippen LogP) is 3.10. The second-order valence-electron chi connectivity index (χ2n) is 4.63.